The zero-order valence-electron chi connectivity index (χ0n) is 11.5. The van der Waals surface area contributed by atoms with Crippen LogP contribution in [0.2, 0.25) is 5.02 Å². The zero-order chi connectivity index (χ0) is 13.7. The summed E-state index contributed by atoms with van der Waals surface area (Å²) in [6.07, 6.45) is 6.09. The lowest BCUT2D eigenvalue weighted by atomic mass is 9.85. The monoisotopic (exact) mass is 280 g/mol. The standard InChI is InChI=1S/C16H21ClO2/c1-2-19-16(11-7-3-4-8-12-16)15(18)13-9-5-6-10-14(13)17/h5-6,9-10H,2-4,7-8,11-12H2,1H3. The third kappa shape index (κ3) is 3.18. The normalized spacial score (nSPS) is 18.8. The van der Waals surface area contributed by atoms with Gasteiger partial charge in [0.2, 0.25) is 0 Å². The molecule has 1 fully saturated rings. The minimum Gasteiger partial charge on any atom is -0.367 e. The molecule has 0 saturated heterocycles. The van der Waals surface area contributed by atoms with Crippen LogP contribution in [0.5, 0.6) is 0 Å². The van der Waals surface area contributed by atoms with Crippen molar-refractivity contribution in [1.29, 1.82) is 0 Å². The molecule has 0 heterocycles. The van der Waals surface area contributed by atoms with Crippen LogP contribution in [0.3, 0.4) is 0 Å². The van der Waals surface area contributed by atoms with E-state index in [1.54, 1.807) is 12.1 Å². The second-order valence-electron chi connectivity index (χ2n) is 5.15. The molecule has 3 heteroatoms. The fourth-order valence-electron chi connectivity index (χ4n) is 2.90. The lowest BCUT2D eigenvalue weighted by Gasteiger charge is -2.31. The number of benzene rings is 1. The molecule has 2 rings (SSSR count). The molecule has 2 nitrogen and oxygen atoms in total. The third-order valence-electron chi connectivity index (χ3n) is 3.86. The summed E-state index contributed by atoms with van der Waals surface area (Å²) in [6, 6.07) is 7.27. The molecule has 0 aromatic heterocycles. The number of halogens is 1. The van der Waals surface area contributed by atoms with E-state index in [-0.39, 0.29) is 5.78 Å². The van der Waals surface area contributed by atoms with E-state index in [0.29, 0.717) is 17.2 Å². The molecule has 19 heavy (non-hydrogen) atoms. The maximum atomic E-state index is 12.9. The van der Waals surface area contributed by atoms with Crippen molar-refractivity contribution in [3.8, 4) is 0 Å². The Labute approximate surface area is 120 Å². The highest BCUT2D eigenvalue weighted by molar-refractivity contribution is 6.34. The highest BCUT2D eigenvalue weighted by Crippen LogP contribution is 2.35. The summed E-state index contributed by atoms with van der Waals surface area (Å²) >= 11 is 6.16. The average Bonchev–Trinajstić information content (AvgIpc) is 2.66. The molecule has 1 saturated carbocycles. The number of rotatable bonds is 4. The van der Waals surface area contributed by atoms with Gasteiger partial charge in [-0.2, -0.15) is 0 Å². The van der Waals surface area contributed by atoms with E-state index in [2.05, 4.69) is 0 Å². The Bertz CT molecular complexity index is 434. The number of hydrogen-bond acceptors (Lipinski definition) is 2. The minimum absolute atomic E-state index is 0.0573. The van der Waals surface area contributed by atoms with Gasteiger partial charge in [-0.3, -0.25) is 4.79 Å². The number of ketones is 1. The van der Waals surface area contributed by atoms with Gasteiger partial charge in [0, 0.05) is 12.2 Å². The Morgan fingerprint density at radius 2 is 1.84 bits per heavy atom. The van der Waals surface area contributed by atoms with E-state index in [4.69, 9.17) is 16.3 Å². The van der Waals surface area contributed by atoms with Crippen molar-refractivity contribution in [3.05, 3.63) is 34.9 Å². The molecule has 104 valence electrons. The maximum absolute atomic E-state index is 12.9. The molecule has 0 N–H and O–H groups in total. The third-order valence-corrected chi connectivity index (χ3v) is 4.19. The van der Waals surface area contributed by atoms with Gasteiger partial charge in [0.05, 0.1) is 5.02 Å². The summed E-state index contributed by atoms with van der Waals surface area (Å²) in [5.41, 5.74) is -0.0597. The summed E-state index contributed by atoms with van der Waals surface area (Å²) in [5.74, 6) is 0.0573. The largest absolute Gasteiger partial charge is 0.367 e. The van der Waals surface area contributed by atoms with Crippen LogP contribution in [0.15, 0.2) is 24.3 Å². The average molecular weight is 281 g/mol. The Kier molecular flexibility index (Phi) is 5.00. The topological polar surface area (TPSA) is 26.3 Å². The Balaban J connectivity index is 2.32. The first-order chi connectivity index (χ1) is 9.19. The molecule has 0 aliphatic heterocycles. The van der Waals surface area contributed by atoms with Crippen LogP contribution in [-0.2, 0) is 4.74 Å². The minimum atomic E-state index is -0.657. The van der Waals surface area contributed by atoms with E-state index >= 15 is 0 Å². The quantitative estimate of drug-likeness (QED) is 0.593. The van der Waals surface area contributed by atoms with E-state index in [1.807, 2.05) is 19.1 Å². The predicted octanol–water partition coefficient (Wildman–Crippen LogP) is 4.65. The summed E-state index contributed by atoms with van der Waals surface area (Å²) in [4.78, 5) is 12.9. The summed E-state index contributed by atoms with van der Waals surface area (Å²) in [7, 11) is 0. The number of ether oxygens (including phenoxy) is 1. The number of carbonyl (C=O) groups is 1. The molecule has 1 aliphatic rings. The van der Waals surface area contributed by atoms with Crippen LogP contribution in [0.1, 0.15) is 55.8 Å². The van der Waals surface area contributed by atoms with Gasteiger partial charge in [0.1, 0.15) is 5.60 Å². The SMILES string of the molecule is CCOC1(C(=O)c2ccccc2Cl)CCCCCC1. The Hall–Kier alpha value is -0.860. The van der Waals surface area contributed by atoms with Gasteiger partial charge < -0.3 is 4.74 Å². The fraction of sp³-hybridized carbons (Fsp3) is 0.562. The van der Waals surface area contributed by atoms with Gasteiger partial charge in [-0.25, -0.2) is 0 Å². The number of Topliss-reactive ketones (excluding diaryl/α,β-unsaturated/α-hetero) is 1. The van der Waals surface area contributed by atoms with Crippen LogP contribution < -0.4 is 0 Å². The van der Waals surface area contributed by atoms with Crippen LogP contribution in [0.4, 0.5) is 0 Å². The Morgan fingerprint density at radius 1 is 1.21 bits per heavy atom. The van der Waals surface area contributed by atoms with Crippen molar-refractivity contribution < 1.29 is 9.53 Å². The van der Waals surface area contributed by atoms with Gasteiger partial charge in [0.15, 0.2) is 5.78 Å². The summed E-state index contributed by atoms with van der Waals surface area (Å²) in [6.45, 7) is 2.52. The smallest absolute Gasteiger partial charge is 0.196 e. The van der Waals surface area contributed by atoms with Gasteiger partial charge >= 0.3 is 0 Å². The first-order valence-electron chi connectivity index (χ1n) is 7.13. The van der Waals surface area contributed by atoms with Crippen molar-refractivity contribution >= 4 is 17.4 Å². The van der Waals surface area contributed by atoms with Crippen LogP contribution in [0.25, 0.3) is 0 Å². The highest BCUT2D eigenvalue weighted by Gasteiger charge is 2.40. The predicted molar refractivity (Wildman–Crippen MR) is 77.8 cm³/mol. The zero-order valence-corrected chi connectivity index (χ0v) is 12.2. The second-order valence-corrected chi connectivity index (χ2v) is 5.56. The number of carbonyl (C=O) groups excluding carboxylic acids is 1. The lowest BCUT2D eigenvalue weighted by Crippen LogP contribution is -2.41. The van der Waals surface area contributed by atoms with Crippen LogP contribution in [0, 0.1) is 0 Å². The van der Waals surface area contributed by atoms with Gasteiger partial charge in [-0.05, 0) is 31.9 Å². The molecule has 1 aromatic rings. The van der Waals surface area contributed by atoms with Crippen LogP contribution in [-0.4, -0.2) is 18.0 Å². The first kappa shape index (κ1) is 14.5. The van der Waals surface area contributed by atoms with Crippen LogP contribution >= 0.6 is 11.6 Å². The molecule has 0 atom stereocenters. The van der Waals surface area contributed by atoms with E-state index in [1.165, 1.54) is 12.8 Å². The molecular weight excluding hydrogens is 260 g/mol. The molecule has 1 aromatic carbocycles. The first-order valence-corrected chi connectivity index (χ1v) is 7.51. The Morgan fingerprint density at radius 3 is 2.42 bits per heavy atom. The van der Waals surface area contributed by atoms with E-state index in [0.717, 1.165) is 25.7 Å². The van der Waals surface area contributed by atoms with Crippen molar-refractivity contribution in [2.45, 2.75) is 51.0 Å². The molecular formula is C16H21ClO2. The molecule has 0 spiro atoms. The highest BCUT2D eigenvalue weighted by atomic mass is 35.5. The fourth-order valence-corrected chi connectivity index (χ4v) is 3.13. The molecule has 0 unspecified atom stereocenters. The van der Waals surface area contributed by atoms with Gasteiger partial charge in [0.25, 0.3) is 0 Å². The molecule has 0 bridgehead atoms. The van der Waals surface area contributed by atoms with E-state index in [9.17, 15) is 4.79 Å². The van der Waals surface area contributed by atoms with Gasteiger partial charge in [-0.1, -0.05) is 49.4 Å². The van der Waals surface area contributed by atoms with E-state index < -0.39 is 5.60 Å². The molecule has 1 aliphatic carbocycles. The lowest BCUT2D eigenvalue weighted by molar-refractivity contribution is -0.0292. The van der Waals surface area contributed by atoms with Gasteiger partial charge in [-0.15, -0.1) is 0 Å². The van der Waals surface area contributed by atoms with Crippen molar-refractivity contribution in [1.82, 2.24) is 0 Å². The summed E-state index contributed by atoms with van der Waals surface area (Å²) < 4.78 is 5.91. The summed E-state index contributed by atoms with van der Waals surface area (Å²) in [5, 5.41) is 0.524. The number of hydrogen-bond donors (Lipinski definition) is 0. The molecule has 0 amide bonds. The maximum Gasteiger partial charge on any atom is 0.196 e. The second kappa shape index (κ2) is 6.53. The molecule has 0 radical (unpaired) electrons. The van der Waals surface area contributed by atoms with Crippen molar-refractivity contribution in [3.63, 3.8) is 0 Å². The van der Waals surface area contributed by atoms with Crippen molar-refractivity contribution in [2.24, 2.45) is 0 Å². The van der Waals surface area contributed by atoms with Crippen molar-refractivity contribution in [2.75, 3.05) is 6.61 Å².